The summed E-state index contributed by atoms with van der Waals surface area (Å²) in [5.41, 5.74) is 7.73. The molecular formula is C15H24N2O. The molecule has 0 spiro atoms. The van der Waals surface area contributed by atoms with E-state index in [1.165, 1.54) is 0 Å². The molecule has 0 saturated heterocycles. The summed E-state index contributed by atoms with van der Waals surface area (Å²) in [7, 11) is 0. The first-order chi connectivity index (χ1) is 8.54. The van der Waals surface area contributed by atoms with Gasteiger partial charge in [-0.3, -0.25) is 4.79 Å². The Bertz CT molecular complexity index is 388. The molecule has 0 aliphatic heterocycles. The lowest BCUT2D eigenvalue weighted by atomic mass is 9.98. The minimum absolute atomic E-state index is 0.0726. The van der Waals surface area contributed by atoms with Crippen LogP contribution in [0.5, 0.6) is 0 Å². The molecule has 0 fully saturated rings. The average molecular weight is 248 g/mol. The normalized spacial score (nSPS) is 12.5. The van der Waals surface area contributed by atoms with Gasteiger partial charge in [0.05, 0.1) is 6.42 Å². The fourth-order valence-electron chi connectivity index (χ4n) is 1.68. The van der Waals surface area contributed by atoms with E-state index in [-0.39, 0.29) is 5.91 Å². The van der Waals surface area contributed by atoms with Gasteiger partial charge in [-0.15, -0.1) is 0 Å². The van der Waals surface area contributed by atoms with Gasteiger partial charge >= 0.3 is 0 Å². The highest BCUT2D eigenvalue weighted by Crippen LogP contribution is 2.10. The molecule has 1 unspecified atom stereocenters. The van der Waals surface area contributed by atoms with Gasteiger partial charge in [-0.25, -0.2) is 0 Å². The van der Waals surface area contributed by atoms with E-state index in [4.69, 9.17) is 5.73 Å². The lowest BCUT2D eigenvalue weighted by Crippen LogP contribution is -2.31. The van der Waals surface area contributed by atoms with Gasteiger partial charge in [0.1, 0.15) is 0 Å². The highest BCUT2D eigenvalue weighted by atomic mass is 16.1. The maximum absolute atomic E-state index is 11.9. The van der Waals surface area contributed by atoms with Crippen molar-refractivity contribution in [1.82, 2.24) is 5.32 Å². The standard InChI is InChI=1S/C15H24N2O/c1-11(2)12(3)10-17-15(18)8-13-6-4-5-7-14(13)9-16/h4-7,11-12H,8-10,16H2,1-3H3,(H,17,18). The van der Waals surface area contributed by atoms with Crippen LogP contribution in [0.25, 0.3) is 0 Å². The summed E-state index contributed by atoms with van der Waals surface area (Å²) in [5.74, 6) is 1.16. The summed E-state index contributed by atoms with van der Waals surface area (Å²) in [6, 6.07) is 7.83. The van der Waals surface area contributed by atoms with Gasteiger partial charge in [0.2, 0.25) is 5.91 Å². The maximum atomic E-state index is 11.9. The van der Waals surface area contributed by atoms with Crippen molar-refractivity contribution < 1.29 is 4.79 Å². The van der Waals surface area contributed by atoms with E-state index in [2.05, 4.69) is 26.1 Å². The minimum atomic E-state index is 0.0726. The quantitative estimate of drug-likeness (QED) is 0.810. The number of hydrogen-bond acceptors (Lipinski definition) is 2. The summed E-state index contributed by atoms with van der Waals surface area (Å²) < 4.78 is 0. The van der Waals surface area contributed by atoms with Crippen LogP contribution in [0, 0.1) is 11.8 Å². The fourth-order valence-corrected chi connectivity index (χ4v) is 1.68. The number of benzene rings is 1. The second-order valence-corrected chi connectivity index (χ2v) is 5.17. The van der Waals surface area contributed by atoms with Crippen LogP contribution >= 0.6 is 0 Å². The Morgan fingerprint density at radius 2 is 1.83 bits per heavy atom. The Hall–Kier alpha value is -1.35. The molecular weight excluding hydrogens is 224 g/mol. The minimum Gasteiger partial charge on any atom is -0.356 e. The van der Waals surface area contributed by atoms with Crippen LogP contribution in [-0.4, -0.2) is 12.5 Å². The SMILES string of the molecule is CC(C)C(C)CNC(=O)Cc1ccccc1CN. The highest BCUT2D eigenvalue weighted by Gasteiger charge is 2.10. The number of amides is 1. The van der Waals surface area contributed by atoms with Crippen LogP contribution in [0.1, 0.15) is 31.9 Å². The van der Waals surface area contributed by atoms with E-state index in [0.29, 0.717) is 24.8 Å². The van der Waals surface area contributed by atoms with Crippen molar-refractivity contribution in [1.29, 1.82) is 0 Å². The van der Waals surface area contributed by atoms with Crippen LogP contribution in [0.3, 0.4) is 0 Å². The molecule has 0 aromatic heterocycles. The summed E-state index contributed by atoms with van der Waals surface area (Å²) in [6.07, 6.45) is 0.415. The van der Waals surface area contributed by atoms with Crippen molar-refractivity contribution in [3.8, 4) is 0 Å². The zero-order valence-electron chi connectivity index (χ0n) is 11.6. The number of nitrogens with one attached hydrogen (secondary N) is 1. The first kappa shape index (κ1) is 14.7. The molecule has 0 aliphatic carbocycles. The van der Waals surface area contributed by atoms with E-state index >= 15 is 0 Å². The van der Waals surface area contributed by atoms with Crippen molar-refractivity contribution >= 4 is 5.91 Å². The predicted molar refractivity (Wildman–Crippen MR) is 75.0 cm³/mol. The molecule has 0 saturated carbocycles. The van der Waals surface area contributed by atoms with Gasteiger partial charge < -0.3 is 11.1 Å². The number of rotatable bonds is 6. The van der Waals surface area contributed by atoms with Crippen molar-refractivity contribution in [3.05, 3.63) is 35.4 Å². The number of hydrogen-bond donors (Lipinski definition) is 2. The van der Waals surface area contributed by atoms with Crippen molar-refractivity contribution in [2.45, 2.75) is 33.7 Å². The third-order valence-electron chi connectivity index (χ3n) is 3.45. The van der Waals surface area contributed by atoms with Gasteiger partial charge in [-0.2, -0.15) is 0 Å². The van der Waals surface area contributed by atoms with Crippen LogP contribution in [0.15, 0.2) is 24.3 Å². The van der Waals surface area contributed by atoms with E-state index in [1.54, 1.807) is 0 Å². The van der Waals surface area contributed by atoms with Crippen molar-refractivity contribution in [2.75, 3.05) is 6.54 Å². The molecule has 100 valence electrons. The number of nitrogens with two attached hydrogens (primary N) is 1. The van der Waals surface area contributed by atoms with Gasteiger partial charge in [0.15, 0.2) is 0 Å². The Balaban J connectivity index is 2.49. The molecule has 1 aromatic carbocycles. The number of carbonyl (C=O) groups is 1. The van der Waals surface area contributed by atoms with Crippen molar-refractivity contribution in [2.24, 2.45) is 17.6 Å². The Labute approximate surface area is 110 Å². The second-order valence-electron chi connectivity index (χ2n) is 5.17. The van der Waals surface area contributed by atoms with Gasteiger partial charge in [0, 0.05) is 13.1 Å². The summed E-state index contributed by atoms with van der Waals surface area (Å²) in [5, 5.41) is 2.98. The molecule has 18 heavy (non-hydrogen) atoms. The molecule has 3 nitrogen and oxygen atoms in total. The van der Waals surface area contributed by atoms with Crippen LogP contribution in [0.4, 0.5) is 0 Å². The monoisotopic (exact) mass is 248 g/mol. The maximum Gasteiger partial charge on any atom is 0.224 e. The van der Waals surface area contributed by atoms with Gasteiger partial charge in [-0.1, -0.05) is 45.0 Å². The van der Waals surface area contributed by atoms with Crippen LogP contribution in [0.2, 0.25) is 0 Å². The zero-order valence-corrected chi connectivity index (χ0v) is 11.6. The van der Waals surface area contributed by atoms with Crippen LogP contribution < -0.4 is 11.1 Å². The lowest BCUT2D eigenvalue weighted by molar-refractivity contribution is -0.120. The molecule has 0 aliphatic rings. The van der Waals surface area contributed by atoms with Gasteiger partial charge in [-0.05, 0) is 23.0 Å². The smallest absolute Gasteiger partial charge is 0.224 e. The summed E-state index contributed by atoms with van der Waals surface area (Å²) >= 11 is 0. The van der Waals surface area contributed by atoms with Crippen LogP contribution in [-0.2, 0) is 17.8 Å². The van der Waals surface area contributed by atoms with E-state index in [9.17, 15) is 4.79 Å². The average Bonchev–Trinajstić information content (AvgIpc) is 2.36. The van der Waals surface area contributed by atoms with E-state index in [0.717, 1.165) is 17.7 Å². The Morgan fingerprint density at radius 1 is 1.22 bits per heavy atom. The first-order valence-electron chi connectivity index (χ1n) is 6.58. The van der Waals surface area contributed by atoms with E-state index in [1.807, 2.05) is 24.3 Å². The molecule has 1 amide bonds. The van der Waals surface area contributed by atoms with Crippen molar-refractivity contribution in [3.63, 3.8) is 0 Å². The Morgan fingerprint density at radius 3 is 2.39 bits per heavy atom. The first-order valence-corrected chi connectivity index (χ1v) is 6.58. The number of carbonyl (C=O) groups excluding carboxylic acids is 1. The Kier molecular flexibility index (Phi) is 5.86. The van der Waals surface area contributed by atoms with Gasteiger partial charge in [0.25, 0.3) is 0 Å². The molecule has 1 atom stereocenters. The molecule has 3 N–H and O–H groups in total. The fraction of sp³-hybridized carbons (Fsp3) is 0.533. The highest BCUT2D eigenvalue weighted by molar-refractivity contribution is 5.78. The topological polar surface area (TPSA) is 55.1 Å². The summed E-state index contributed by atoms with van der Waals surface area (Å²) in [4.78, 5) is 11.9. The molecule has 1 aromatic rings. The molecule has 3 heteroatoms. The third kappa shape index (κ3) is 4.49. The largest absolute Gasteiger partial charge is 0.356 e. The summed E-state index contributed by atoms with van der Waals surface area (Å²) in [6.45, 7) is 7.70. The predicted octanol–water partition coefficient (Wildman–Crippen LogP) is 2.10. The zero-order chi connectivity index (χ0) is 13.5. The third-order valence-corrected chi connectivity index (χ3v) is 3.45. The van der Waals surface area contributed by atoms with E-state index < -0.39 is 0 Å². The molecule has 0 radical (unpaired) electrons. The molecule has 1 rings (SSSR count). The second kappa shape index (κ2) is 7.17. The molecule has 0 bridgehead atoms. The lowest BCUT2D eigenvalue weighted by Gasteiger charge is -2.16. The molecule has 0 heterocycles.